The molecule has 1 amide bonds. The van der Waals surface area contributed by atoms with Crippen molar-refractivity contribution < 1.29 is 19.2 Å². The van der Waals surface area contributed by atoms with Gasteiger partial charge in [0, 0.05) is 37.0 Å². The summed E-state index contributed by atoms with van der Waals surface area (Å²) in [6.07, 6.45) is 2.80. The van der Waals surface area contributed by atoms with Crippen LogP contribution in [-0.4, -0.2) is 46.3 Å². The lowest BCUT2D eigenvalue weighted by atomic mass is 9.96. The Labute approximate surface area is 183 Å². The highest BCUT2D eigenvalue weighted by Crippen LogP contribution is 2.30. The molecule has 1 saturated heterocycles. The van der Waals surface area contributed by atoms with Crippen molar-refractivity contribution in [1.29, 1.82) is 0 Å². The maximum absolute atomic E-state index is 13.4. The summed E-state index contributed by atoms with van der Waals surface area (Å²) in [5.41, 5.74) is -1.07. The number of pyridine rings is 1. The van der Waals surface area contributed by atoms with Crippen molar-refractivity contribution in [3.8, 4) is 5.75 Å². The number of carbonyl (C=O) groups excluding carboxylic acids is 2. The highest BCUT2D eigenvalue weighted by atomic mass is 35.5. The molecule has 0 radical (unpaired) electrons. The van der Waals surface area contributed by atoms with E-state index >= 15 is 0 Å². The zero-order chi connectivity index (χ0) is 22.7. The molecule has 1 atom stereocenters. The number of hydrogen-bond acceptors (Lipinski definition) is 6. The summed E-state index contributed by atoms with van der Waals surface area (Å²) in [6.45, 7) is 3.01. The molecule has 1 unspecified atom stereocenters. The number of hydrogen-bond donors (Lipinski definition) is 0. The van der Waals surface area contributed by atoms with Gasteiger partial charge >= 0.3 is 5.69 Å². The summed E-state index contributed by atoms with van der Waals surface area (Å²) in [4.78, 5) is 51.5. The van der Waals surface area contributed by atoms with Crippen LogP contribution in [0.25, 0.3) is 0 Å². The van der Waals surface area contributed by atoms with Gasteiger partial charge in [-0.25, -0.2) is 0 Å². The molecular formula is C21H22ClN3O6. The molecule has 3 rings (SSSR count). The summed E-state index contributed by atoms with van der Waals surface area (Å²) >= 11 is 6.03. The molecule has 1 aliphatic rings. The van der Waals surface area contributed by atoms with Crippen molar-refractivity contribution >= 4 is 29.0 Å². The van der Waals surface area contributed by atoms with Gasteiger partial charge in [-0.1, -0.05) is 18.5 Å². The third-order valence-electron chi connectivity index (χ3n) is 5.42. The van der Waals surface area contributed by atoms with Crippen molar-refractivity contribution in [1.82, 2.24) is 9.47 Å². The summed E-state index contributed by atoms with van der Waals surface area (Å²) in [7, 11) is 1.28. The zero-order valence-corrected chi connectivity index (χ0v) is 17.9. The fraction of sp³-hybridized carbons (Fsp3) is 0.381. The molecule has 0 aliphatic carbocycles. The van der Waals surface area contributed by atoms with Gasteiger partial charge in [0.2, 0.25) is 0 Å². The van der Waals surface area contributed by atoms with Gasteiger partial charge in [0.15, 0.2) is 17.6 Å². The highest BCUT2D eigenvalue weighted by Gasteiger charge is 2.36. The molecule has 164 valence electrons. The maximum Gasteiger partial charge on any atom is 0.311 e. The van der Waals surface area contributed by atoms with Gasteiger partial charge in [0.1, 0.15) is 0 Å². The highest BCUT2D eigenvalue weighted by molar-refractivity contribution is 6.30. The van der Waals surface area contributed by atoms with E-state index in [4.69, 9.17) is 16.3 Å². The second-order valence-electron chi connectivity index (χ2n) is 7.51. The van der Waals surface area contributed by atoms with Gasteiger partial charge in [-0.3, -0.25) is 29.1 Å². The van der Waals surface area contributed by atoms with E-state index in [1.165, 1.54) is 37.6 Å². The Kier molecular flexibility index (Phi) is 6.74. The summed E-state index contributed by atoms with van der Waals surface area (Å²) in [5, 5.41) is 11.6. The largest absolute Gasteiger partial charge is 0.490 e. The van der Waals surface area contributed by atoms with Crippen LogP contribution in [0.4, 0.5) is 5.69 Å². The number of ketones is 1. The van der Waals surface area contributed by atoms with E-state index in [2.05, 4.69) is 6.92 Å². The van der Waals surface area contributed by atoms with E-state index in [9.17, 15) is 24.5 Å². The van der Waals surface area contributed by atoms with Gasteiger partial charge in [-0.05, 0) is 37.0 Å². The number of nitro groups is 1. The van der Waals surface area contributed by atoms with Gasteiger partial charge in [0.25, 0.3) is 11.5 Å². The van der Waals surface area contributed by atoms with E-state index in [0.717, 1.165) is 23.5 Å². The predicted octanol–water partition coefficient (Wildman–Crippen LogP) is 3.10. The summed E-state index contributed by atoms with van der Waals surface area (Å²) in [5.74, 6) is -0.843. The molecule has 9 nitrogen and oxygen atoms in total. The first-order valence-corrected chi connectivity index (χ1v) is 10.1. The third-order valence-corrected chi connectivity index (χ3v) is 5.64. The Morgan fingerprint density at radius 1 is 1.23 bits per heavy atom. The first-order valence-electron chi connectivity index (χ1n) is 9.76. The molecule has 1 fully saturated rings. The number of piperidine rings is 1. The number of halogens is 1. The lowest BCUT2D eigenvalue weighted by Gasteiger charge is -2.33. The SMILES string of the molecule is COc1ccc(C(=O)C(C(=O)N2CCC(C)CC2)n2cc(Cl)ccc2=O)cc1[N+](=O)[O-]. The monoisotopic (exact) mass is 447 g/mol. The van der Waals surface area contributed by atoms with E-state index in [1.807, 2.05) is 0 Å². The van der Waals surface area contributed by atoms with Crippen LogP contribution in [0.5, 0.6) is 5.75 Å². The molecule has 2 aromatic rings. The number of amides is 1. The molecule has 1 aromatic heterocycles. The second kappa shape index (κ2) is 9.30. The number of carbonyl (C=O) groups is 2. The molecule has 0 spiro atoms. The van der Waals surface area contributed by atoms with E-state index < -0.39 is 33.9 Å². The number of ether oxygens (including phenoxy) is 1. The Bertz CT molecular complexity index is 1080. The standard InChI is InChI=1S/C21H22ClN3O6/c1-13-7-9-23(10-8-13)21(28)19(24-12-15(22)4-6-18(24)26)20(27)14-3-5-17(31-2)16(11-14)25(29)30/h3-6,11-13,19H,7-10H2,1-2H3. The van der Waals surface area contributed by atoms with Crippen molar-refractivity contribution in [2.75, 3.05) is 20.2 Å². The van der Waals surface area contributed by atoms with Gasteiger partial charge < -0.3 is 9.64 Å². The van der Waals surface area contributed by atoms with Gasteiger partial charge in [0.05, 0.1) is 17.1 Å². The van der Waals surface area contributed by atoms with E-state index in [0.29, 0.717) is 19.0 Å². The van der Waals surface area contributed by atoms with Gasteiger partial charge in [-0.15, -0.1) is 0 Å². The molecule has 0 N–H and O–H groups in total. The van der Waals surface area contributed by atoms with Crippen molar-refractivity contribution in [3.63, 3.8) is 0 Å². The molecule has 2 heterocycles. The first-order chi connectivity index (χ1) is 14.7. The predicted molar refractivity (Wildman–Crippen MR) is 114 cm³/mol. The average molecular weight is 448 g/mol. The fourth-order valence-electron chi connectivity index (χ4n) is 3.58. The normalized spacial score (nSPS) is 15.4. The van der Waals surface area contributed by atoms with Crippen LogP contribution in [0, 0.1) is 16.0 Å². The average Bonchev–Trinajstić information content (AvgIpc) is 2.76. The smallest absolute Gasteiger partial charge is 0.311 e. The quantitative estimate of drug-likeness (QED) is 0.291. The minimum absolute atomic E-state index is 0.0191. The fourth-order valence-corrected chi connectivity index (χ4v) is 3.75. The van der Waals surface area contributed by atoms with Crippen molar-refractivity contribution in [3.05, 3.63) is 67.6 Å². The molecule has 0 bridgehead atoms. The number of methoxy groups -OCH3 is 1. The zero-order valence-electron chi connectivity index (χ0n) is 17.1. The van der Waals surface area contributed by atoms with Crippen LogP contribution < -0.4 is 10.3 Å². The van der Waals surface area contributed by atoms with E-state index in [-0.39, 0.29) is 16.3 Å². The third kappa shape index (κ3) is 4.77. The number of rotatable bonds is 6. The first kappa shape index (κ1) is 22.5. The van der Waals surface area contributed by atoms with Crippen LogP contribution in [0.15, 0.2) is 41.3 Å². The Morgan fingerprint density at radius 3 is 2.52 bits per heavy atom. The molecular weight excluding hydrogens is 426 g/mol. The van der Waals surface area contributed by atoms with Crippen LogP contribution >= 0.6 is 11.6 Å². The number of benzene rings is 1. The number of nitrogens with zero attached hydrogens (tertiary/aromatic N) is 3. The molecule has 1 aromatic carbocycles. The molecule has 31 heavy (non-hydrogen) atoms. The Morgan fingerprint density at radius 2 is 1.90 bits per heavy atom. The lowest BCUT2D eigenvalue weighted by Crippen LogP contribution is -2.46. The lowest BCUT2D eigenvalue weighted by molar-refractivity contribution is -0.385. The topological polar surface area (TPSA) is 112 Å². The van der Waals surface area contributed by atoms with E-state index in [1.54, 1.807) is 4.90 Å². The van der Waals surface area contributed by atoms with Crippen LogP contribution in [0.1, 0.15) is 36.2 Å². The molecule has 1 aliphatic heterocycles. The minimum Gasteiger partial charge on any atom is -0.490 e. The summed E-state index contributed by atoms with van der Waals surface area (Å²) < 4.78 is 5.96. The number of nitro benzene ring substituents is 1. The Hall–Kier alpha value is -3.20. The Balaban J connectivity index is 2.08. The van der Waals surface area contributed by atoms with Gasteiger partial charge in [-0.2, -0.15) is 0 Å². The van der Waals surface area contributed by atoms with Crippen LogP contribution in [-0.2, 0) is 4.79 Å². The van der Waals surface area contributed by atoms with Crippen molar-refractivity contribution in [2.24, 2.45) is 5.92 Å². The maximum atomic E-state index is 13.4. The number of aromatic nitrogens is 1. The molecule has 10 heteroatoms. The minimum atomic E-state index is -1.52. The van der Waals surface area contributed by atoms with Crippen LogP contribution in [0.2, 0.25) is 5.02 Å². The number of likely N-dealkylation sites (tertiary alicyclic amines) is 1. The molecule has 0 saturated carbocycles. The second-order valence-corrected chi connectivity index (χ2v) is 7.95. The number of Topliss-reactive ketones (excluding diaryl/α,β-unsaturated/α-hetero) is 1. The summed E-state index contributed by atoms with van der Waals surface area (Å²) in [6, 6.07) is 4.69. The van der Waals surface area contributed by atoms with Crippen LogP contribution in [0.3, 0.4) is 0 Å². The van der Waals surface area contributed by atoms with Crippen molar-refractivity contribution in [2.45, 2.75) is 25.8 Å².